The number of aliphatic carboxylic acids is 1. The molecule has 2 rings (SSSR count). The van der Waals surface area contributed by atoms with E-state index in [0.29, 0.717) is 31.4 Å². The first kappa shape index (κ1) is 33.7. The van der Waals surface area contributed by atoms with Gasteiger partial charge in [-0.15, -0.1) is 0 Å². The number of aromatic hydroxyl groups is 1. The number of benzene rings is 2. The van der Waals surface area contributed by atoms with Crippen molar-refractivity contribution < 1.29 is 34.2 Å². The van der Waals surface area contributed by atoms with E-state index in [1.807, 2.05) is 0 Å². The molecule has 0 aliphatic heterocycles. The van der Waals surface area contributed by atoms with E-state index in [1.165, 1.54) is 12.1 Å². The average Bonchev–Trinajstić information content (AvgIpc) is 2.95. The molecule has 42 heavy (non-hydrogen) atoms. The van der Waals surface area contributed by atoms with Gasteiger partial charge in [0, 0.05) is 19.3 Å². The number of carbonyl (C=O) groups is 5. The average molecular weight is 585 g/mol. The van der Waals surface area contributed by atoms with Crippen LogP contribution in [-0.4, -0.2) is 70.5 Å². The molecule has 0 aliphatic carbocycles. The lowest BCUT2D eigenvalue weighted by Crippen LogP contribution is -2.58. The zero-order valence-electron chi connectivity index (χ0n) is 23.3. The van der Waals surface area contributed by atoms with E-state index in [2.05, 4.69) is 16.0 Å². The maximum atomic E-state index is 13.6. The number of phenols is 1. The minimum Gasteiger partial charge on any atom is -0.508 e. The molecule has 13 nitrogen and oxygen atoms in total. The van der Waals surface area contributed by atoms with E-state index in [1.54, 1.807) is 42.5 Å². The second-order valence-electron chi connectivity index (χ2n) is 9.98. The second-order valence-corrected chi connectivity index (χ2v) is 9.98. The summed E-state index contributed by atoms with van der Waals surface area (Å²) in [7, 11) is 0. The molecular formula is C29H40N6O7. The Hall–Kier alpha value is -4.49. The van der Waals surface area contributed by atoms with Crippen LogP contribution in [0.2, 0.25) is 0 Å². The fourth-order valence-corrected chi connectivity index (χ4v) is 4.14. The van der Waals surface area contributed by atoms with Crippen LogP contribution in [0.4, 0.5) is 0 Å². The van der Waals surface area contributed by atoms with Gasteiger partial charge in [0.15, 0.2) is 0 Å². The Kier molecular flexibility index (Phi) is 13.9. The number of carboxylic acids is 1. The molecule has 0 aliphatic rings. The fourth-order valence-electron chi connectivity index (χ4n) is 4.14. The number of carboxylic acid groups (broad SMARTS) is 1. The molecule has 228 valence electrons. The van der Waals surface area contributed by atoms with Gasteiger partial charge in [0.05, 0.1) is 6.04 Å². The van der Waals surface area contributed by atoms with Gasteiger partial charge in [-0.2, -0.15) is 0 Å². The lowest BCUT2D eigenvalue weighted by Gasteiger charge is -2.25. The summed E-state index contributed by atoms with van der Waals surface area (Å²) in [5, 5.41) is 26.9. The molecule has 0 spiro atoms. The summed E-state index contributed by atoms with van der Waals surface area (Å²) in [5.74, 6) is -4.17. The molecule has 0 heterocycles. The first-order valence-electron chi connectivity index (χ1n) is 13.7. The van der Waals surface area contributed by atoms with Gasteiger partial charge in [0.2, 0.25) is 23.6 Å². The Balaban J connectivity index is 2.29. The van der Waals surface area contributed by atoms with Gasteiger partial charge in [-0.3, -0.25) is 19.2 Å². The van der Waals surface area contributed by atoms with E-state index >= 15 is 0 Å². The molecule has 0 aromatic heterocycles. The predicted molar refractivity (Wildman–Crippen MR) is 155 cm³/mol. The third-order valence-electron chi connectivity index (χ3n) is 6.52. The number of phenolic OH excluding ortho intramolecular Hbond substituents is 1. The van der Waals surface area contributed by atoms with Crippen molar-refractivity contribution in [3.8, 4) is 5.75 Å². The summed E-state index contributed by atoms with van der Waals surface area (Å²) in [6.45, 7) is 0.461. The van der Waals surface area contributed by atoms with Crippen LogP contribution in [0.3, 0.4) is 0 Å². The van der Waals surface area contributed by atoms with Crippen LogP contribution in [0.1, 0.15) is 43.2 Å². The number of amides is 4. The smallest absolute Gasteiger partial charge is 0.326 e. The molecule has 4 amide bonds. The summed E-state index contributed by atoms with van der Waals surface area (Å²) < 4.78 is 0. The van der Waals surface area contributed by atoms with Gasteiger partial charge in [-0.1, -0.05) is 48.9 Å². The molecule has 0 fully saturated rings. The van der Waals surface area contributed by atoms with Gasteiger partial charge in [-0.05, 0) is 49.1 Å². The Morgan fingerprint density at radius 1 is 0.714 bits per heavy atom. The Bertz CT molecular complexity index is 1190. The fraction of sp³-hybridized carbons (Fsp3) is 0.414. The van der Waals surface area contributed by atoms with Crippen molar-refractivity contribution in [1.29, 1.82) is 0 Å². The summed E-state index contributed by atoms with van der Waals surface area (Å²) in [4.78, 5) is 62.7. The summed E-state index contributed by atoms with van der Waals surface area (Å²) in [6, 6.07) is 10.2. The molecule has 0 saturated heterocycles. The largest absolute Gasteiger partial charge is 0.508 e. The summed E-state index contributed by atoms with van der Waals surface area (Å²) in [6.07, 6.45) is 1.21. The van der Waals surface area contributed by atoms with Crippen LogP contribution in [-0.2, 0) is 36.8 Å². The number of nitrogens with two attached hydrogens (primary N) is 3. The predicted octanol–water partition coefficient (Wildman–Crippen LogP) is -0.562. The summed E-state index contributed by atoms with van der Waals surface area (Å²) >= 11 is 0. The quantitative estimate of drug-likeness (QED) is 0.105. The molecule has 4 unspecified atom stereocenters. The topological polar surface area (TPSA) is 240 Å². The first-order chi connectivity index (χ1) is 20.0. The third kappa shape index (κ3) is 11.9. The monoisotopic (exact) mass is 584 g/mol. The van der Waals surface area contributed by atoms with Crippen molar-refractivity contribution in [2.24, 2.45) is 17.2 Å². The first-order valence-corrected chi connectivity index (χ1v) is 13.7. The van der Waals surface area contributed by atoms with Gasteiger partial charge in [0.25, 0.3) is 0 Å². The second kappa shape index (κ2) is 17.4. The summed E-state index contributed by atoms with van der Waals surface area (Å²) in [5.41, 5.74) is 18.0. The van der Waals surface area contributed by atoms with Crippen molar-refractivity contribution in [3.63, 3.8) is 0 Å². The standard InChI is InChI=1S/C29H40N6O7/c30-15-5-4-8-21(31)26(38)34-23(16-18-6-2-1-3-7-18)28(40)35-24(17-19-9-11-20(36)12-10-19)27(39)33-22(29(41)42)13-14-25(32)37/h1-3,6-7,9-12,21-24,36H,4-5,8,13-17,30-31H2,(H2,32,37)(H,33,39)(H,34,38)(H,35,40)(H,41,42). The van der Waals surface area contributed by atoms with Gasteiger partial charge >= 0.3 is 5.97 Å². The van der Waals surface area contributed by atoms with Crippen LogP contribution < -0.4 is 33.2 Å². The molecule has 0 bridgehead atoms. The Morgan fingerprint density at radius 2 is 1.24 bits per heavy atom. The van der Waals surface area contributed by atoms with Crippen LogP contribution in [0.5, 0.6) is 5.75 Å². The number of hydrogen-bond acceptors (Lipinski definition) is 8. The van der Waals surface area contributed by atoms with Crippen molar-refractivity contribution in [2.45, 2.75) is 69.1 Å². The zero-order valence-corrected chi connectivity index (χ0v) is 23.3. The number of carbonyl (C=O) groups excluding carboxylic acids is 4. The minimum atomic E-state index is -1.43. The SMILES string of the molecule is NCCCCC(N)C(=O)NC(Cc1ccccc1)C(=O)NC(Cc1ccc(O)cc1)C(=O)NC(CCC(N)=O)C(=O)O. The highest BCUT2D eigenvalue weighted by molar-refractivity contribution is 5.94. The molecular weight excluding hydrogens is 544 g/mol. The van der Waals surface area contributed by atoms with Gasteiger partial charge < -0.3 is 43.4 Å². The lowest BCUT2D eigenvalue weighted by molar-refractivity contribution is -0.142. The van der Waals surface area contributed by atoms with E-state index in [9.17, 15) is 34.2 Å². The normalized spacial score (nSPS) is 13.7. The van der Waals surface area contributed by atoms with Crippen molar-refractivity contribution in [1.82, 2.24) is 16.0 Å². The number of unbranched alkanes of at least 4 members (excludes halogenated alkanes) is 1. The maximum absolute atomic E-state index is 13.6. The van der Waals surface area contributed by atoms with Crippen LogP contribution in [0, 0.1) is 0 Å². The minimum absolute atomic E-state index is 0.00498. The zero-order chi connectivity index (χ0) is 31.1. The highest BCUT2D eigenvalue weighted by Crippen LogP contribution is 2.13. The van der Waals surface area contributed by atoms with Gasteiger partial charge in [0.1, 0.15) is 23.9 Å². The van der Waals surface area contributed by atoms with E-state index < -0.39 is 53.8 Å². The molecule has 11 N–H and O–H groups in total. The Labute approximate surface area is 244 Å². The highest BCUT2D eigenvalue weighted by Gasteiger charge is 2.31. The molecule has 13 heteroatoms. The third-order valence-corrected chi connectivity index (χ3v) is 6.52. The number of rotatable bonds is 18. The number of nitrogens with one attached hydrogen (secondary N) is 3. The molecule has 0 saturated carbocycles. The number of primary amides is 1. The lowest BCUT2D eigenvalue weighted by atomic mass is 10.0. The molecule has 4 atom stereocenters. The van der Waals surface area contributed by atoms with E-state index in [-0.39, 0.29) is 31.4 Å². The number of hydrogen-bond donors (Lipinski definition) is 8. The van der Waals surface area contributed by atoms with Crippen LogP contribution in [0.15, 0.2) is 54.6 Å². The van der Waals surface area contributed by atoms with Crippen molar-refractivity contribution in [3.05, 3.63) is 65.7 Å². The van der Waals surface area contributed by atoms with Gasteiger partial charge in [-0.25, -0.2) is 4.79 Å². The van der Waals surface area contributed by atoms with Crippen molar-refractivity contribution >= 4 is 29.6 Å². The van der Waals surface area contributed by atoms with E-state index in [4.69, 9.17) is 17.2 Å². The molecule has 2 aromatic rings. The maximum Gasteiger partial charge on any atom is 0.326 e. The Morgan fingerprint density at radius 3 is 1.76 bits per heavy atom. The molecule has 0 radical (unpaired) electrons. The van der Waals surface area contributed by atoms with E-state index in [0.717, 1.165) is 5.56 Å². The van der Waals surface area contributed by atoms with Crippen molar-refractivity contribution in [2.75, 3.05) is 6.54 Å². The molecule has 2 aromatic carbocycles. The highest BCUT2D eigenvalue weighted by atomic mass is 16.4. The van der Waals surface area contributed by atoms with Crippen LogP contribution in [0.25, 0.3) is 0 Å². The van der Waals surface area contributed by atoms with Crippen LogP contribution >= 0.6 is 0 Å².